The van der Waals surface area contributed by atoms with E-state index in [9.17, 15) is 28.0 Å². The largest absolute Gasteiger partial charge is 0.493 e. The number of fused-ring (bicyclic) bond motifs is 9. The minimum Gasteiger partial charge on any atom is -0.493 e. The van der Waals surface area contributed by atoms with Crippen LogP contribution in [0.25, 0.3) is 0 Å². The highest BCUT2D eigenvalue weighted by molar-refractivity contribution is 5.80. The van der Waals surface area contributed by atoms with Crippen LogP contribution in [0.1, 0.15) is 57.4 Å². The minimum absolute atomic E-state index is 0.0188. The number of carbonyl (C=O) groups excluding carboxylic acids is 2. The van der Waals surface area contributed by atoms with E-state index in [0.717, 1.165) is 22.3 Å². The van der Waals surface area contributed by atoms with E-state index in [1.54, 1.807) is 0 Å². The van der Waals surface area contributed by atoms with Crippen LogP contribution in [0, 0.1) is 25.2 Å². The number of carbonyl (C=O) groups is 2. The summed E-state index contributed by atoms with van der Waals surface area (Å²) in [5.41, 5.74) is 4.20. The van der Waals surface area contributed by atoms with Crippen LogP contribution in [-0.4, -0.2) is 87.5 Å². The molecule has 0 radical (unpaired) electrons. The van der Waals surface area contributed by atoms with E-state index in [1.165, 1.54) is 21.1 Å². The maximum Gasteiger partial charge on any atom is 0.491 e. The van der Waals surface area contributed by atoms with Gasteiger partial charge in [0.2, 0.25) is 6.79 Å². The molecule has 0 aliphatic carbocycles. The topological polar surface area (TPSA) is 129 Å². The third-order valence-corrected chi connectivity index (χ3v) is 10.9. The normalized spacial score (nSPS) is 22.7. The Kier molecular flexibility index (Phi) is 10.1. The molecular weight excluding hydrogens is 711 g/mol. The highest BCUT2D eigenvalue weighted by atomic mass is 19.4. The predicted molar refractivity (Wildman–Crippen MR) is 184 cm³/mol. The van der Waals surface area contributed by atoms with Gasteiger partial charge in [-0.05, 0) is 56.8 Å². The lowest BCUT2D eigenvalue weighted by Crippen LogP contribution is -2.68. The molecule has 1 saturated heterocycles. The zero-order valence-electron chi connectivity index (χ0n) is 30.5. The molecule has 7 rings (SSSR count). The molecule has 0 spiro atoms. The number of piperazine rings is 1. The van der Waals surface area contributed by atoms with Crippen LogP contribution >= 0.6 is 0 Å². The second-order valence-electron chi connectivity index (χ2n) is 13.8. The van der Waals surface area contributed by atoms with Crippen molar-refractivity contribution >= 4 is 11.9 Å². The van der Waals surface area contributed by atoms with Gasteiger partial charge in [-0.15, -0.1) is 0 Å². The van der Waals surface area contributed by atoms with Crippen molar-refractivity contribution in [3.05, 3.63) is 75.3 Å². The van der Waals surface area contributed by atoms with Gasteiger partial charge in [0, 0.05) is 47.9 Å². The minimum atomic E-state index is -5.29. The third kappa shape index (κ3) is 6.35. The summed E-state index contributed by atoms with van der Waals surface area (Å²) < 4.78 is 81.5. The summed E-state index contributed by atoms with van der Waals surface area (Å²) in [4.78, 5) is 29.9. The van der Waals surface area contributed by atoms with Crippen LogP contribution < -0.4 is 23.7 Å². The monoisotopic (exact) mass is 751 g/mol. The predicted octanol–water partition coefficient (Wildman–Crippen LogP) is 5.44. The molecule has 0 N–H and O–H groups in total. The Morgan fingerprint density at radius 3 is 2.43 bits per heavy atom. The highest BCUT2D eigenvalue weighted by Gasteiger charge is 2.57. The molecule has 4 aliphatic heterocycles. The number of rotatable bonds is 10. The number of aryl methyl sites for hydroxylation is 2. The molecule has 1 unspecified atom stereocenters. The maximum absolute atomic E-state index is 13.8. The lowest BCUT2D eigenvalue weighted by Gasteiger charge is -2.59. The van der Waals surface area contributed by atoms with Gasteiger partial charge in [-0.3, -0.25) is 14.6 Å². The number of halogens is 3. The number of methoxy groups -OCH3 is 2. The third-order valence-electron chi connectivity index (χ3n) is 10.9. The summed E-state index contributed by atoms with van der Waals surface area (Å²) in [5, 5.41) is 10.9. The van der Waals surface area contributed by atoms with Gasteiger partial charge in [-0.25, -0.2) is 4.79 Å². The Morgan fingerprint density at radius 1 is 1.00 bits per heavy atom. The molecule has 286 valence electrons. The van der Waals surface area contributed by atoms with E-state index < -0.39 is 42.3 Å². The first kappa shape index (κ1) is 37.3. The molecule has 4 aliphatic rings. The number of ether oxygens (including phenoxy) is 7. The summed E-state index contributed by atoms with van der Waals surface area (Å²) in [5.74, 6) is -1.93. The highest BCUT2D eigenvalue weighted by Crippen LogP contribution is 2.58. The Hall–Kier alpha value is -5.04. The number of hydrogen-bond donors (Lipinski definition) is 0. The molecular formula is C39H40F3N3O9. The average Bonchev–Trinajstić information content (AvgIpc) is 3.64. The van der Waals surface area contributed by atoms with Crippen molar-refractivity contribution in [2.75, 3.05) is 41.5 Å². The molecule has 2 bridgehead atoms. The number of likely N-dealkylation sites (N-methyl/N-ethyl adjacent to an activating group) is 1. The van der Waals surface area contributed by atoms with Crippen LogP contribution in [0.2, 0.25) is 0 Å². The van der Waals surface area contributed by atoms with Crippen molar-refractivity contribution in [2.24, 2.45) is 0 Å². The summed E-state index contributed by atoms with van der Waals surface area (Å²) in [7, 11) is 4.93. The fourth-order valence-corrected chi connectivity index (χ4v) is 8.65. The molecule has 0 aromatic heterocycles. The Bertz CT molecular complexity index is 2000. The van der Waals surface area contributed by atoms with Crippen LogP contribution in [0.15, 0.2) is 36.4 Å². The van der Waals surface area contributed by atoms with E-state index in [1.807, 2.05) is 55.3 Å². The van der Waals surface area contributed by atoms with E-state index in [-0.39, 0.29) is 67.5 Å². The Morgan fingerprint density at radius 2 is 1.74 bits per heavy atom. The number of hydrogen-bond acceptors (Lipinski definition) is 12. The van der Waals surface area contributed by atoms with Gasteiger partial charge in [0.25, 0.3) is 0 Å². The van der Waals surface area contributed by atoms with Crippen molar-refractivity contribution in [3.8, 4) is 34.8 Å². The molecule has 12 nitrogen and oxygen atoms in total. The summed E-state index contributed by atoms with van der Waals surface area (Å²) in [6.45, 7) is 2.79. The molecule has 1 fully saturated rings. The van der Waals surface area contributed by atoms with Crippen molar-refractivity contribution in [1.82, 2.24) is 9.80 Å². The summed E-state index contributed by atoms with van der Waals surface area (Å²) in [6, 6.07) is 10.7. The second-order valence-corrected chi connectivity index (χ2v) is 13.8. The molecule has 5 atom stereocenters. The first-order valence-electron chi connectivity index (χ1n) is 17.5. The van der Waals surface area contributed by atoms with Gasteiger partial charge in [0.05, 0.1) is 25.3 Å². The van der Waals surface area contributed by atoms with Crippen LogP contribution in [0.5, 0.6) is 28.7 Å². The first-order chi connectivity index (χ1) is 25.9. The fraction of sp³-hybridized carbons (Fsp3) is 0.462. The van der Waals surface area contributed by atoms with Crippen LogP contribution in [0.3, 0.4) is 0 Å². The number of nitrogens with zero attached hydrogens (tertiary/aromatic N) is 3. The van der Waals surface area contributed by atoms with Crippen molar-refractivity contribution in [1.29, 1.82) is 5.26 Å². The van der Waals surface area contributed by atoms with E-state index >= 15 is 0 Å². The lowest BCUT2D eigenvalue weighted by molar-refractivity contribution is -0.189. The van der Waals surface area contributed by atoms with Crippen LogP contribution in [0.4, 0.5) is 13.2 Å². The maximum atomic E-state index is 13.8. The quantitative estimate of drug-likeness (QED) is 0.149. The molecule has 0 saturated carbocycles. The van der Waals surface area contributed by atoms with Gasteiger partial charge in [0.1, 0.15) is 18.4 Å². The van der Waals surface area contributed by atoms with Gasteiger partial charge < -0.3 is 33.2 Å². The van der Waals surface area contributed by atoms with Gasteiger partial charge in [-0.1, -0.05) is 36.4 Å². The van der Waals surface area contributed by atoms with E-state index in [4.69, 9.17) is 33.2 Å². The first-order valence-corrected chi connectivity index (χ1v) is 17.5. The number of alkyl halides is 3. The number of benzene rings is 3. The number of nitriles is 1. The molecule has 3 aromatic rings. The standard InChI is InChI=1S/C39H40F3N3O9/c1-20-13-23-14-25-27(16-43)45-26(32(44(25)3)30(23)36(33(20)49-5)51-18-48-4)15-24-31(28(45)17-50-29(46)12-11-22-9-7-6-8-10-22)37-35(52-19-53-37)21(2)34(24)54-38(47)39(40,41)42/h6-10,13,25-28,32H,11-12,14-15,17-19H2,1-5H3/t25-,26?,27+,28+,32+/m1/s1. The lowest BCUT2D eigenvalue weighted by atomic mass is 9.71. The molecule has 0 amide bonds. The average molecular weight is 752 g/mol. The van der Waals surface area contributed by atoms with Crippen molar-refractivity contribution in [2.45, 2.75) is 75.9 Å². The summed E-state index contributed by atoms with van der Waals surface area (Å²) in [6.07, 6.45) is -4.33. The molecule has 4 heterocycles. The van der Waals surface area contributed by atoms with E-state index in [0.29, 0.717) is 29.9 Å². The van der Waals surface area contributed by atoms with Crippen LogP contribution in [-0.2, 0) is 38.3 Å². The Labute approximate surface area is 310 Å². The zero-order chi connectivity index (χ0) is 38.5. The molecule has 3 aromatic carbocycles. The second kappa shape index (κ2) is 14.7. The smallest absolute Gasteiger partial charge is 0.491 e. The van der Waals surface area contributed by atoms with Gasteiger partial charge >= 0.3 is 18.1 Å². The number of esters is 2. The van der Waals surface area contributed by atoms with Gasteiger partial charge in [-0.2, -0.15) is 18.4 Å². The summed E-state index contributed by atoms with van der Waals surface area (Å²) >= 11 is 0. The van der Waals surface area contributed by atoms with Gasteiger partial charge in [0.15, 0.2) is 29.8 Å². The Balaban J connectivity index is 1.40. The SMILES string of the molecule is COCOc1c(OC)c(C)cc2c1[C@@H]1C3Cc4c(OC(=O)C(F)(F)F)c(C)c5c(c4[C@H](COC(=O)CCc4ccccc4)N3[C@@H](C#N)[C@@H](C2)N1C)OCO5. The molecule has 15 heteroatoms. The molecule has 54 heavy (non-hydrogen) atoms. The van der Waals surface area contributed by atoms with Crippen molar-refractivity contribution in [3.63, 3.8) is 0 Å². The van der Waals surface area contributed by atoms with Crippen molar-refractivity contribution < 1.29 is 55.9 Å². The van der Waals surface area contributed by atoms with E-state index in [2.05, 4.69) is 11.0 Å². The zero-order valence-corrected chi connectivity index (χ0v) is 30.5. The fourth-order valence-electron chi connectivity index (χ4n) is 8.65.